The smallest absolute Gasteiger partial charge is 0.120 e. The molecule has 0 spiro atoms. The molecule has 3 aromatic carbocycles. The number of halogens is 2. The monoisotopic (exact) mass is 381 g/mol. The van der Waals surface area contributed by atoms with Gasteiger partial charge in [-0.15, -0.1) is 0 Å². The first-order valence-electron chi connectivity index (χ1n) is 8.38. The Balaban J connectivity index is 1.50. The second kappa shape index (κ2) is 7.45. The highest BCUT2D eigenvalue weighted by Crippen LogP contribution is 2.25. The minimum Gasteiger partial charge on any atom is -0.489 e. The SMILES string of the molecule is Clc1ccc(COc2ccc3c(ccn3Cc3ccccc3)c2)cc1Cl. The molecule has 0 aliphatic rings. The Hall–Kier alpha value is -2.42. The van der Waals surface area contributed by atoms with Gasteiger partial charge in [0.1, 0.15) is 12.4 Å². The summed E-state index contributed by atoms with van der Waals surface area (Å²) in [7, 11) is 0. The molecule has 0 saturated carbocycles. The van der Waals surface area contributed by atoms with E-state index in [1.807, 2.05) is 24.3 Å². The lowest BCUT2D eigenvalue weighted by atomic mass is 10.2. The Morgan fingerprint density at radius 3 is 2.42 bits per heavy atom. The van der Waals surface area contributed by atoms with Crippen molar-refractivity contribution in [2.75, 3.05) is 0 Å². The molecule has 1 heterocycles. The van der Waals surface area contributed by atoms with E-state index in [2.05, 4.69) is 53.2 Å². The summed E-state index contributed by atoms with van der Waals surface area (Å²) in [4.78, 5) is 0. The Morgan fingerprint density at radius 2 is 1.62 bits per heavy atom. The van der Waals surface area contributed by atoms with Crippen LogP contribution in [0.2, 0.25) is 10.0 Å². The molecule has 130 valence electrons. The van der Waals surface area contributed by atoms with Gasteiger partial charge >= 0.3 is 0 Å². The zero-order chi connectivity index (χ0) is 17.9. The van der Waals surface area contributed by atoms with E-state index in [0.29, 0.717) is 16.7 Å². The quantitative estimate of drug-likeness (QED) is 0.381. The molecule has 2 nitrogen and oxygen atoms in total. The third kappa shape index (κ3) is 3.72. The molecule has 0 fully saturated rings. The maximum Gasteiger partial charge on any atom is 0.120 e. The highest BCUT2D eigenvalue weighted by Gasteiger charge is 2.05. The first-order valence-corrected chi connectivity index (χ1v) is 9.14. The standard InChI is InChI=1S/C22H17Cl2NO/c23-20-8-6-17(12-21(20)24)15-26-19-7-9-22-18(13-19)10-11-25(22)14-16-4-2-1-3-5-16/h1-13H,14-15H2. The number of rotatable bonds is 5. The predicted octanol–water partition coefficient (Wildman–Crippen LogP) is 6.58. The van der Waals surface area contributed by atoms with E-state index >= 15 is 0 Å². The fourth-order valence-corrected chi connectivity index (χ4v) is 3.30. The van der Waals surface area contributed by atoms with Crippen LogP contribution in [-0.4, -0.2) is 4.57 Å². The molecular weight excluding hydrogens is 365 g/mol. The van der Waals surface area contributed by atoms with E-state index in [1.54, 1.807) is 6.07 Å². The second-order valence-electron chi connectivity index (χ2n) is 6.19. The van der Waals surface area contributed by atoms with Crippen LogP contribution in [-0.2, 0) is 13.2 Å². The second-order valence-corrected chi connectivity index (χ2v) is 7.00. The molecule has 0 aliphatic carbocycles. The van der Waals surface area contributed by atoms with Crippen molar-refractivity contribution in [1.29, 1.82) is 0 Å². The van der Waals surface area contributed by atoms with E-state index in [1.165, 1.54) is 11.1 Å². The number of fused-ring (bicyclic) bond motifs is 1. The topological polar surface area (TPSA) is 14.2 Å². The zero-order valence-electron chi connectivity index (χ0n) is 14.0. The number of nitrogens with zero attached hydrogens (tertiary/aromatic N) is 1. The summed E-state index contributed by atoms with van der Waals surface area (Å²) >= 11 is 12.0. The van der Waals surface area contributed by atoms with Gasteiger partial charge in [0.25, 0.3) is 0 Å². The van der Waals surface area contributed by atoms with Gasteiger partial charge in [-0.05, 0) is 47.5 Å². The van der Waals surface area contributed by atoms with E-state index in [9.17, 15) is 0 Å². The minimum atomic E-state index is 0.452. The Bertz CT molecular complexity index is 1040. The van der Waals surface area contributed by atoms with Crippen molar-refractivity contribution >= 4 is 34.1 Å². The number of ether oxygens (including phenoxy) is 1. The van der Waals surface area contributed by atoms with Crippen LogP contribution >= 0.6 is 23.2 Å². The van der Waals surface area contributed by atoms with Crippen LogP contribution < -0.4 is 4.74 Å². The summed E-state index contributed by atoms with van der Waals surface area (Å²) in [5.74, 6) is 0.834. The van der Waals surface area contributed by atoms with Crippen LogP contribution in [0.3, 0.4) is 0 Å². The Morgan fingerprint density at radius 1 is 0.769 bits per heavy atom. The highest BCUT2D eigenvalue weighted by atomic mass is 35.5. The first kappa shape index (κ1) is 17.0. The molecule has 0 radical (unpaired) electrons. The van der Waals surface area contributed by atoms with E-state index < -0.39 is 0 Å². The molecule has 4 rings (SSSR count). The number of benzene rings is 3. The van der Waals surface area contributed by atoms with Crippen molar-refractivity contribution in [1.82, 2.24) is 4.57 Å². The fourth-order valence-electron chi connectivity index (χ4n) is 2.98. The van der Waals surface area contributed by atoms with E-state index in [0.717, 1.165) is 23.2 Å². The maximum atomic E-state index is 6.05. The van der Waals surface area contributed by atoms with Gasteiger partial charge < -0.3 is 9.30 Å². The summed E-state index contributed by atoms with van der Waals surface area (Å²) in [5.41, 5.74) is 3.46. The molecule has 0 aliphatic heterocycles. The molecule has 0 unspecified atom stereocenters. The zero-order valence-corrected chi connectivity index (χ0v) is 15.5. The summed E-state index contributed by atoms with van der Waals surface area (Å²) in [5, 5.41) is 2.25. The van der Waals surface area contributed by atoms with Crippen molar-refractivity contribution < 1.29 is 4.74 Å². The Labute approximate surface area is 162 Å². The van der Waals surface area contributed by atoms with Gasteiger partial charge in [-0.2, -0.15) is 0 Å². The van der Waals surface area contributed by atoms with Gasteiger partial charge in [0, 0.05) is 23.6 Å². The Kier molecular flexibility index (Phi) is 4.87. The van der Waals surface area contributed by atoms with Crippen molar-refractivity contribution in [3.05, 3.63) is 100 Å². The summed E-state index contributed by atoms with van der Waals surface area (Å²) in [6, 6.07) is 24.3. The molecular formula is C22H17Cl2NO. The van der Waals surface area contributed by atoms with Crippen LogP contribution in [0.25, 0.3) is 10.9 Å². The van der Waals surface area contributed by atoms with E-state index in [-0.39, 0.29) is 0 Å². The molecule has 0 amide bonds. The van der Waals surface area contributed by atoms with E-state index in [4.69, 9.17) is 27.9 Å². The largest absolute Gasteiger partial charge is 0.489 e. The molecule has 0 saturated heterocycles. The molecule has 0 atom stereocenters. The third-order valence-corrected chi connectivity index (χ3v) is 5.07. The van der Waals surface area contributed by atoms with Gasteiger partial charge in [0.05, 0.1) is 10.0 Å². The van der Waals surface area contributed by atoms with Crippen molar-refractivity contribution in [3.63, 3.8) is 0 Å². The van der Waals surface area contributed by atoms with Crippen LogP contribution in [0, 0.1) is 0 Å². The van der Waals surface area contributed by atoms with Crippen LogP contribution in [0.1, 0.15) is 11.1 Å². The van der Waals surface area contributed by atoms with Crippen molar-refractivity contribution in [3.8, 4) is 5.75 Å². The molecule has 4 aromatic rings. The lowest BCUT2D eigenvalue weighted by molar-refractivity contribution is 0.306. The number of hydrogen-bond donors (Lipinski definition) is 0. The van der Waals surface area contributed by atoms with Gasteiger partial charge in [-0.25, -0.2) is 0 Å². The summed E-state index contributed by atoms with van der Waals surface area (Å²) < 4.78 is 8.16. The molecule has 0 N–H and O–H groups in total. The maximum absolute atomic E-state index is 6.05. The van der Waals surface area contributed by atoms with Crippen LogP contribution in [0.15, 0.2) is 79.0 Å². The normalized spacial score (nSPS) is 11.0. The van der Waals surface area contributed by atoms with Gasteiger partial charge in [0.2, 0.25) is 0 Å². The van der Waals surface area contributed by atoms with Crippen molar-refractivity contribution in [2.45, 2.75) is 13.2 Å². The molecule has 0 bridgehead atoms. The molecule has 26 heavy (non-hydrogen) atoms. The first-order chi connectivity index (χ1) is 12.7. The predicted molar refractivity (Wildman–Crippen MR) is 108 cm³/mol. The summed E-state index contributed by atoms with van der Waals surface area (Å²) in [6.07, 6.45) is 2.11. The fraction of sp³-hybridized carbons (Fsp3) is 0.0909. The van der Waals surface area contributed by atoms with Crippen LogP contribution in [0.4, 0.5) is 0 Å². The van der Waals surface area contributed by atoms with Gasteiger partial charge in [0.15, 0.2) is 0 Å². The lowest BCUT2D eigenvalue weighted by Gasteiger charge is -2.09. The number of aromatic nitrogens is 1. The average molecular weight is 382 g/mol. The average Bonchev–Trinajstić information content (AvgIpc) is 3.06. The van der Waals surface area contributed by atoms with Crippen molar-refractivity contribution in [2.24, 2.45) is 0 Å². The van der Waals surface area contributed by atoms with Crippen LogP contribution in [0.5, 0.6) is 5.75 Å². The molecule has 1 aromatic heterocycles. The third-order valence-electron chi connectivity index (χ3n) is 4.33. The van der Waals surface area contributed by atoms with Gasteiger partial charge in [-0.3, -0.25) is 0 Å². The highest BCUT2D eigenvalue weighted by molar-refractivity contribution is 6.42. The number of hydrogen-bond acceptors (Lipinski definition) is 1. The van der Waals surface area contributed by atoms with Gasteiger partial charge in [-0.1, -0.05) is 59.6 Å². The summed E-state index contributed by atoms with van der Waals surface area (Å²) in [6.45, 7) is 1.31. The minimum absolute atomic E-state index is 0.452. The molecule has 4 heteroatoms. The lowest BCUT2D eigenvalue weighted by Crippen LogP contribution is -1.98.